The summed E-state index contributed by atoms with van der Waals surface area (Å²) < 4.78 is 32.7. The lowest BCUT2D eigenvalue weighted by Gasteiger charge is -2.35. The molecule has 2 aromatic rings. The first-order valence-corrected chi connectivity index (χ1v) is 11.1. The zero-order chi connectivity index (χ0) is 21.9. The molecule has 0 spiro atoms. The first-order chi connectivity index (χ1) is 14.9. The number of hydrogen-bond donors (Lipinski definition) is 1. The average Bonchev–Trinajstić information content (AvgIpc) is 3.18. The van der Waals surface area contributed by atoms with Crippen molar-refractivity contribution >= 4 is 5.91 Å². The van der Waals surface area contributed by atoms with Gasteiger partial charge in [0.25, 0.3) is 0 Å². The fourth-order valence-corrected chi connectivity index (χ4v) is 4.97. The Hall–Kier alpha value is -2.47. The van der Waals surface area contributed by atoms with Gasteiger partial charge in [-0.3, -0.25) is 4.79 Å². The van der Waals surface area contributed by atoms with E-state index in [1.165, 1.54) is 36.4 Å². The monoisotopic (exact) mass is 429 g/mol. The molecular weight excluding hydrogens is 400 g/mol. The van der Waals surface area contributed by atoms with Crippen LogP contribution in [-0.2, 0) is 10.2 Å². The van der Waals surface area contributed by atoms with Crippen molar-refractivity contribution in [1.29, 1.82) is 0 Å². The van der Waals surface area contributed by atoms with E-state index in [-0.39, 0.29) is 24.1 Å². The minimum Gasteiger partial charge on any atom is -0.491 e. The van der Waals surface area contributed by atoms with Gasteiger partial charge in [-0.2, -0.15) is 0 Å². The fraction of sp³-hybridized carbons (Fsp3) is 0.480. The fourth-order valence-electron chi connectivity index (χ4n) is 4.97. The third-order valence-electron chi connectivity index (χ3n) is 6.77. The second-order valence-corrected chi connectivity index (χ2v) is 8.91. The summed E-state index contributed by atoms with van der Waals surface area (Å²) >= 11 is 0. The number of hydrogen-bond acceptors (Lipinski definition) is 3. The molecule has 1 atom stereocenters. The molecule has 0 radical (unpaired) electrons. The molecule has 1 heterocycles. The van der Waals surface area contributed by atoms with Gasteiger partial charge in [0.2, 0.25) is 5.91 Å². The number of aliphatic hydroxyl groups is 1. The number of carbonyl (C=O) groups is 1. The molecule has 4 rings (SSSR count). The molecule has 4 nitrogen and oxygen atoms in total. The van der Waals surface area contributed by atoms with E-state index in [0.29, 0.717) is 38.1 Å². The van der Waals surface area contributed by atoms with Gasteiger partial charge in [-0.15, -0.1) is 0 Å². The zero-order valence-electron chi connectivity index (χ0n) is 17.7. The van der Waals surface area contributed by atoms with E-state index in [1.807, 2.05) is 11.0 Å². The Morgan fingerprint density at radius 2 is 1.68 bits per heavy atom. The maximum atomic E-state index is 13.9. The van der Waals surface area contributed by atoms with Crippen LogP contribution in [0.15, 0.2) is 48.5 Å². The second-order valence-electron chi connectivity index (χ2n) is 8.91. The molecule has 166 valence electrons. The molecule has 1 aliphatic heterocycles. The topological polar surface area (TPSA) is 49.8 Å². The Balaban J connectivity index is 1.44. The lowest BCUT2D eigenvalue weighted by molar-refractivity contribution is -0.137. The Labute approximate surface area is 181 Å². The molecule has 0 aromatic heterocycles. The highest BCUT2D eigenvalue weighted by Crippen LogP contribution is 2.43. The summed E-state index contributed by atoms with van der Waals surface area (Å²) in [7, 11) is 0. The summed E-state index contributed by atoms with van der Waals surface area (Å²) in [5.41, 5.74) is -0.963. The average molecular weight is 430 g/mol. The number of ether oxygens (including phenoxy) is 1. The van der Waals surface area contributed by atoms with Gasteiger partial charge in [0.1, 0.15) is 29.6 Å². The molecule has 2 fully saturated rings. The lowest BCUT2D eigenvalue weighted by Crippen LogP contribution is -2.46. The van der Waals surface area contributed by atoms with Gasteiger partial charge in [0.15, 0.2) is 0 Å². The minimum atomic E-state index is -1.05. The highest BCUT2D eigenvalue weighted by Gasteiger charge is 2.46. The number of benzene rings is 2. The van der Waals surface area contributed by atoms with E-state index in [1.54, 1.807) is 6.07 Å². The van der Waals surface area contributed by atoms with Crippen LogP contribution in [0, 0.1) is 11.6 Å². The van der Waals surface area contributed by atoms with Gasteiger partial charge in [-0.05, 0) is 74.1 Å². The van der Waals surface area contributed by atoms with Crippen molar-refractivity contribution in [2.45, 2.75) is 56.0 Å². The molecule has 1 saturated heterocycles. The van der Waals surface area contributed by atoms with E-state index in [2.05, 4.69) is 0 Å². The molecule has 1 amide bonds. The van der Waals surface area contributed by atoms with E-state index in [4.69, 9.17) is 4.74 Å². The van der Waals surface area contributed by atoms with Crippen LogP contribution in [0.1, 0.15) is 50.5 Å². The van der Waals surface area contributed by atoms with E-state index < -0.39 is 11.0 Å². The quantitative estimate of drug-likeness (QED) is 0.756. The van der Waals surface area contributed by atoms with Crippen molar-refractivity contribution in [2.75, 3.05) is 19.7 Å². The maximum Gasteiger partial charge on any atom is 0.233 e. The van der Waals surface area contributed by atoms with Crippen LogP contribution in [-0.4, -0.2) is 41.2 Å². The number of rotatable bonds is 5. The van der Waals surface area contributed by atoms with Crippen molar-refractivity contribution in [2.24, 2.45) is 0 Å². The second kappa shape index (κ2) is 8.95. The van der Waals surface area contributed by atoms with Gasteiger partial charge in [0.05, 0.1) is 5.41 Å². The number of halogens is 2. The van der Waals surface area contributed by atoms with Crippen LogP contribution in [0.3, 0.4) is 0 Å². The predicted molar refractivity (Wildman–Crippen MR) is 114 cm³/mol. The van der Waals surface area contributed by atoms with Gasteiger partial charge < -0.3 is 14.7 Å². The molecule has 2 aliphatic rings. The summed E-state index contributed by atoms with van der Waals surface area (Å²) in [5.74, 6) is -0.115. The van der Waals surface area contributed by atoms with Gasteiger partial charge >= 0.3 is 0 Å². The van der Waals surface area contributed by atoms with E-state index in [9.17, 15) is 18.7 Å². The maximum absolute atomic E-state index is 13.9. The molecule has 1 saturated carbocycles. The Morgan fingerprint density at radius 3 is 2.39 bits per heavy atom. The van der Waals surface area contributed by atoms with Crippen molar-refractivity contribution < 1.29 is 23.4 Å². The predicted octanol–water partition coefficient (Wildman–Crippen LogP) is 4.60. The standard InChI is InChI=1S/C25H29F2NO3/c26-20-7-9-22(10-8-20)31-18-24(30)11-4-15-28(16-14-24)23(29)25(12-1-2-13-25)19-5-3-6-21(27)17-19/h3,5-10,17,30H,1-2,4,11-16,18H2. The van der Waals surface area contributed by atoms with E-state index >= 15 is 0 Å². The van der Waals surface area contributed by atoms with Crippen LogP contribution in [0.5, 0.6) is 5.75 Å². The first-order valence-electron chi connectivity index (χ1n) is 11.1. The van der Waals surface area contributed by atoms with Crippen LogP contribution >= 0.6 is 0 Å². The molecule has 6 heteroatoms. The Kier molecular flexibility index (Phi) is 6.28. The van der Waals surface area contributed by atoms with Gasteiger partial charge in [-0.1, -0.05) is 25.0 Å². The number of likely N-dealkylation sites (tertiary alicyclic amines) is 1. The first kappa shape index (κ1) is 21.8. The lowest BCUT2D eigenvalue weighted by atomic mass is 9.77. The van der Waals surface area contributed by atoms with Crippen molar-refractivity contribution in [3.05, 3.63) is 65.7 Å². The summed E-state index contributed by atoms with van der Waals surface area (Å²) in [6, 6.07) is 12.1. The van der Waals surface area contributed by atoms with Crippen molar-refractivity contribution in [3.8, 4) is 5.75 Å². The van der Waals surface area contributed by atoms with Gasteiger partial charge in [-0.25, -0.2) is 8.78 Å². The third-order valence-corrected chi connectivity index (χ3v) is 6.77. The molecule has 1 unspecified atom stereocenters. The number of amides is 1. The largest absolute Gasteiger partial charge is 0.491 e. The van der Waals surface area contributed by atoms with Crippen molar-refractivity contribution in [1.82, 2.24) is 4.90 Å². The van der Waals surface area contributed by atoms with E-state index in [0.717, 1.165) is 31.2 Å². The highest BCUT2D eigenvalue weighted by molar-refractivity contribution is 5.88. The van der Waals surface area contributed by atoms with Crippen LogP contribution in [0.25, 0.3) is 0 Å². The van der Waals surface area contributed by atoms with Crippen LogP contribution in [0.2, 0.25) is 0 Å². The minimum absolute atomic E-state index is 0.0410. The van der Waals surface area contributed by atoms with Crippen molar-refractivity contribution in [3.63, 3.8) is 0 Å². The summed E-state index contributed by atoms with van der Waals surface area (Å²) in [6.45, 7) is 1.09. The summed E-state index contributed by atoms with van der Waals surface area (Å²) in [4.78, 5) is 15.5. The molecule has 0 bridgehead atoms. The SMILES string of the molecule is O=C(N1CCCC(O)(COc2ccc(F)cc2)CC1)C1(c2cccc(F)c2)CCCC1. The normalized spacial score (nSPS) is 23.4. The summed E-state index contributed by atoms with van der Waals surface area (Å²) in [5, 5.41) is 11.1. The summed E-state index contributed by atoms with van der Waals surface area (Å²) in [6.07, 6.45) is 4.93. The molecule has 2 aromatic carbocycles. The molecular formula is C25H29F2NO3. The third kappa shape index (κ3) is 4.74. The highest BCUT2D eigenvalue weighted by atomic mass is 19.1. The molecule has 1 N–H and O–H groups in total. The molecule has 31 heavy (non-hydrogen) atoms. The number of carbonyl (C=O) groups excluding carboxylic acids is 1. The van der Waals surface area contributed by atoms with Crippen LogP contribution < -0.4 is 4.74 Å². The molecule has 1 aliphatic carbocycles. The zero-order valence-corrected chi connectivity index (χ0v) is 17.7. The van der Waals surface area contributed by atoms with Gasteiger partial charge in [0, 0.05) is 13.1 Å². The smallest absolute Gasteiger partial charge is 0.233 e. The van der Waals surface area contributed by atoms with Crippen LogP contribution in [0.4, 0.5) is 8.78 Å². The Morgan fingerprint density at radius 1 is 0.935 bits per heavy atom. The number of nitrogens with zero attached hydrogens (tertiary/aromatic N) is 1. The Bertz CT molecular complexity index is 911.